The summed E-state index contributed by atoms with van der Waals surface area (Å²) in [5, 5.41) is 10.8. The molecule has 0 aliphatic carbocycles. The van der Waals surface area contributed by atoms with Gasteiger partial charge in [0.15, 0.2) is 0 Å². The number of carbonyl (C=O) groups is 2. The Kier molecular flexibility index (Phi) is 6.26. The Morgan fingerprint density at radius 1 is 1.28 bits per heavy atom. The first-order valence-electron chi connectivity index (χ1n) is 9.21. The number of amides is 2. The third kappa shape index (κ3) is 4.98. The molecular weight excluding hydrogens is 379 g/mol. The van der Waals surface area contributed by atoms with E-state index in [-0.39, 0.29) is 37.3 Å². The summed E-state index contributed by atoms with van der Waals surface area (Å²) < 4.78 is 25.1. The molecule has 0 spiro atoms. The highest BCUT2D eigenvalue weighted by Crippen LogP contribution is 2.38. The summed E-state index contributed by atoms with van der Waals surface area (Å²) in [6.07, 6.45) is 0.388. The molecule has 154 valence electrons. The fraction of sp³-hybridized carbons (Fsp3) is 0.400. The van der Waals surface area contributed by atoms with Crippen LogP contribution in [0.2, 0.25) is 0 Å². The largest absolute Gasteiger partial charge is 0.487 e. The first-order valence-corrected chi connectivity index (χ1v) is 9.21. The molecule has 1 atom stereocenters. The van der Waals surface area contributed by atoms with Crippen LogP contribution in [0, 0.1) is 5.82 Å². The van der Waals surface area contributed by atoms with Crippen LogP contribution in [0.15, 0.2) is 24.3 Å². The van der Waals surface area contributed by atoms with Crippen LogP contribution in [-0.4, -0.2) is 60.8 Å². The SMILES string of the molecule is COc1ccc(-c2cc(F)cc3c2OC(CNC(=O)CCC(=O)N(C)C)C3)nn1. The second-order valence-corrected chi connectivity index (χ2v) is 6.94. The Labute approximate surface area is 168 Å². The quantitative estimate of drug-likeness (QED) is 0.756. The molecule has 1 aliphatic heterocycles. The van der Waals surface area contributed by atoms with Crippen molar-refractivity contribution < 1.29 is 23.5 Å². The van der Waals surface area contributed by atoms with E-state index < -0.39 is 5.82 Å². The molecule has 0 saturated carbocycles. The maximum absolute atomic E-state index is 14.1. The van der Waals surface area contributed by atoms with Gasteiger partial charge in [-0.15, -0.1) is 10.2 Å². The molecular formula is C20H23FN4O4. The third-order valence-electron chi connectivity index (χ3n) is 4.58. The molecule has 1 aliphatic rings. The number of carbonyl (C=O) groups excluding carboxylic acids is 2. The van der Waals surface area contributed by atoms with Gasteiger partial charge in [0, 0.05) is 50.6 Å². The van der Waals surface area contributed by atoms with E-state index in [4.69, 9.17) is 9.47 Å². The van der Waals surface area contributed by atoms with Crippen LogP contribution in [0.5, 0.6) is 11.6 Å². The van der Waals surface area contributed by atoms with E-state index in [0.29, 0.717) is 34.9 Å². The van der Waals surface area contributed by atoms with Crippen LogP contribution in [0.4, 0.5) is 4.39 Å². The van der Waals surface area contributed by atoms with Gasteiger partial charge in [-0.25, -0.2) is 4.39 Å². The molecule has 3 rings (SSSR count). The molecule has 2 amide bonds. The summed E-state index contributed by atoms with van der Waals surface area (Å²) in [5.74, 6) is 0.161. The molecule has 1 unspecified atom stereocenters. The number of nitrogens with one attached hydrogen (secondary N) is 1. The number of rotatable bonds is 7. The number of methoxy groups -OCH3 is 1. The zero-order chi connectivity index (χ0) is 21.0. The maximum Gasteiger partial charge on any atom is 0.233 e. The predicted octanol–water partition coefficient (Wildman–Crippen LogP) is 1.58. The predicted molar refractivity (Wildman–Crippen MR) is 103 cm³/mol. The van der Waals surface area contributed by atoms with E-state index in [2.05, 4.69) is 15.5 Å². The first kappa shape index (κ1) is 20.5. The van der Waals surface area contributed by atoms with Crippen LogP contribution >= 0.6 is 0 Å². The molecule has 0 fully saturated rings. The first-order chi connectivity index (χ1) is 13.9. The smallest absolute Gasteiger partial charge is 0.233 e. The standard InChI is InChI=1S/C20H23FN4O4/c1-25(2)19(27)7-5-17(26)22-11-14-9-12-8-13(21)10-15(20(12)29-14)16-4-6-18(28-3)24-23-16/h4,6,8,10,14H,5,7,9,11H2,1-3H3,(H,22,26). The number of hydrogen-bond donors (Lipinski definition) is 1. The van der Waals surface area contributed by atoms with E-state index in [9.17, 15) is 14.0 Å². The average molecular weight is 402 g/mol. The van der Waals surface area contributed by atoms with Crippen LogP contribution in [-0.2, 0) is 16.0 Å². The Morgan fingerprint density at radius 2 is 2.07 bits per heavy atom. The molecule has 1 aromatic heterocycles. The molecule has 0 radical (unpaired) electrons. The molecule has 9 heteroatoms. The molecule has 8 nitrogen and oxygen atoms in total. The minimum atomic E-state index is -0.396. The van der Waals surface area contributed by atoms with Crippen molar-refractivity contribution in [3.63, 3.8) is 0 Å². The minimum absolute atomic E-state index is 0.106. The number of halogens is 1. The summed E-state index contributed by atoms with van der Waals surface area (Å²) in [6.45, 7) is 0.263. The van der Waals surface area contributed by atoms with Gasteiger partial charge in [0.25, 0.3) is 0 Å². The van der Waals surface area contributed by atoms with Gasteiger partial charge >= 0.3 is 0 Å². The fourth-order valence-corrected chi connectivity index (χ4v) is 3.03. The zero-order valence-electron chi connectivity index (χ0n) is 16.6. The van der Waals surface area contributed by atoms with Gasteiger partial charge in [-0.3, -0.25) is 9.59 Å². The fourth-order valence-electron chi connectivity index (χ4n) is 3.03. The van der Waals surface area contributed by atoms with E-state index in [0.717, 1.165) is 0 Å². The summed E-state index contributed by atoms with van der Waals surface area (Å²) in [5.41, 5.74) is 1.67. The molecule has 2 aromatic rings. The summed E-state index contributed by atoms with van der Waals surface area (Å²) in [4.78, 5) is 25.0. The van der Waals surface area contributed by atoms with E-state index >= 15 is 0 Å². The number of ether oxygens (including phenoxy) is 2. The van der Waals surface area contributed by atoms with Crippen molar-refractivity contribution in [1.82, 2.24) is 20.4 Å². The van der Waals surface area contributed by atoms with Gasteiger partial charge in [-0.1, -0.05) is 0 Å². The minimum Gasteiger partial charge on any atom is -0.487 e. The van der Waals surface area contributed by atoms with E-state index in [1.165, 1.54) is 24.1 Å². The number of nitrogens with zero attached hydrogens (tertiary/aromatic N) is 3. The maximum atomic E-state index is 14.1. The van der Waals surface area contributed by atoms with Crippen molar-refractivity contribution in [1.29, 1.82) is 0 Å². The average Bonchev–Trinajstić information content (AvgIpc) is 3.12. The molecule has 0 saturated heterocycles. The van der Waals surface area contributed by atoms with Crippen molar-refractivity contribution in [2.75, 3.05) is 27.7 Å². The van der Waals surface area contributed by atoms with Crippen molar-refractivity contribution >= 4 is 11.8 Å². The van der Waals surface area contributed by atoms with Crippen LogP contribution in [0.25, 0.3) is 11.3 Å². The van der Waals surface area contributed by atoms with Crippen molar-refractivity contribution in [2.45, 2.75) is 25.4 Å². The van der Waals surface area contributed by atoms with Gasteiger partial charge in [0.2, 0.25) is 17.7 Å². The third-order valence-corrected chi connectivity index (χ3v) is 4.58. The Morgan fingerprint density at radius 3 is 2.72 bits per heavy atom. The topological polar surface area (TPSA) is 93.6 Å². The van der Waals surface area contributed by atoms with Crippen LogP contribution in [0.1, 0.15) is 18.4 Å². The Hall–Kier alpha value is -3.23. The molecule has 1 N–H and O–H groups in total. The van der Waals surface area contributed by atoms with Gasteiger partial charge in [0.05, 0.1) is 19.3 Å². The summed E-state index contributed by atoms with van der Waals surface area (Å²) in [7, 11) is 4.78. The van der Waals surface area contributed by atoms with Crippen LogP contribution < -0.4 is 14.8 Å². The van der Waals surface area contributed by atoms with E-state index in [1.807, 2.05) is 0 Å². The number of benzene rings is 1. The Bertz CT molecular complexity index is 902. The van der Waals surface area contributed by atoms with Crippen molar-refractivity contribution in [3.8, 4) is 22.9 Å². The number of aromatic nitrogens is 2. The lowest BCUT2D eigenvalue weighted by Crippen LogP contribution is -2.35. The van der Waals surface area contributed by atoms with Crippen molar-refractivity contribution in [2.24, 2.45) is 0 Å². The lowest BCUT2D eigenvalue weighted by molar-refractivity contribution is -0.131. The lowest BCUT2D eigenvalue weighted by atomic mass is 10.0. The van der Waals surface area contributed by atoms with Crippen LogP contribution in [0.3, 0.4) is 0 Å². The van der Waals surface area contributed by atoms with Gasteiger partial charge in [-0.2, -0.15) is 0 Å². The van der Waals surface area contributed by atoms with Gasteiger partial charge < -0.3 is 19.7 Å². The lowest BCUT2D eigenvalue weighted by Gasteiger charge is -2.14. The molecule has 29 heavy (non-hydrogen) atoms. The molecule has 1 aromatic carbocycles. The molecule has 2 heterocycles. The van der Waals surface area contributed by atoms with E-state index in [1.54, 1.807) is 26.2 Å². The molecule has 0 bridgehead atoms. The second kappa shape index (κ2) is 8.85. The number of hydrogen-bond acceptors (Lipinski definition) is 6. The van der Waals surface area contributed by atoms with Crippen molar-refractivity contribution in [3.05, 3.63) is 35.6 Å². The second-order valence-electron chi connectivity index (χ2n) is 6.94. The van der Waals surface area contributed by atoms with Gasteiger partial charge in [0.1, 0.15) is 17.7 Å². The number of fused-ring (bicyclic) bond motifs is 1. The normalized spacial score (nSPS) is 14.7. The Balaban J connectivity index is 1.64. The highest BCUT2D eigenvalue weighted by atomic mass is 19.1. The highest BCUT2D eigenvalue weighted by molar-refractivity contribution is 5.83. The monoisotopic (exact) mass is 402 g/mol. The summed E-state index contributed by atoms with van der Waals surface area (Å²) in [6, 6.07) is 6.10. The van der Waals surface area contributed by atoms with Gasteiger partial charge in [-0.05, 0) is 18.2 Å². The zero-order valence-corrected chi connectivity index (χ0v) is 16.6. The highest BCUT2D eigenvalue weighted by Gasteiger charge is 2.28. The summed E-state index contributed by atoms with van der Waals surface area (Å²) >= 11 is 0.